The van der Waals surface area contributed by atoms with Crippen LogP contribution < -0.4 is 5.32 Å². The molecule has 0 aliphatic rings. The van der Waals surface area contributed by atoms with Crippen LogP contribution in [0.3, 0.4) is 0 Å². The number of para-hydroxylation sites is 1. The molecule has 2 aromatic rings. The molecule has 0 fully saturated rings. The van der Waals surface area contributed by atoms with Gasteiger partial charge in [-0.25, -0.2) is 19.3 Å². The van der Waals surface area contributed by atoms with Crippen molar-refractivity contribution in [3.05, 3.63) is 47.6 Å². The first kappa shape index (κ1) is 16.5. The Morgan fingerprint density at radius 1 is 1.30 bits per heavy atom. The number of benzene rings is 1. The van der Waals surface area contributed by atoms with E-state index >= 15 is 0 Å². The van der Waals surface area contributed by atoms with Crippen molar-refractivity contribution in [2.75, 3.05) is 19.5 Å². The van der Waals surface area contributed by atoms with Crippen LogP contribution in [-0.4, -0.2) is 40.9 Å². The summed E-state index contributed by atoms with van der Waals surface area (Å²) in [6, 6.07) is 5.00. The van der Waals surface area contributed by atoms with Gasteiger partial charge in [0.1, 0.15) is 24.0 Å². The number of carbonyl (C=O) groups excluding carboxylic acids is 2. The van der Waals surface area contributed by atoms with Gasteiger partial charge in [-0.15, -0.1) is 0 Å². The fraction of sp³-hybridized carbons (Fsp3) is 0.143. The fourth-order valence-electron chi connectivity index (χ4n) is 1.75. The van der Waals surface area contributed by atoms with E-state index < -0.39 is 11.9 Å². The SMILES string of the molecule is COC(=O)/C=C(/Nc1cccc(Cl)c1-n1cncn1)C(=O)OC. The number of hydrogen-bond donors (Lipinski definition) is 1. The Kier molecular flexibility index (Phi) is 5.32. The summed E-state index contributed by atoms with van der Waals surface area (Å²) in [6.45, 7) is 0. The van der Waals surface area contributed by atoms with Gasteiger partial charge in [0.15, 0.2) is 0 Å². The molecule has 0 unspecified atom stereocenters. The standard InChI is InChI=1S/C14H13ClN4O4/c1-22-12(20)6-11(14(21)23-2)18-10-5-3-4-9(15)13(10)19-8-16-7-17-19/h3-8,18H,1-2H3/b11-6+. The number of nitrogens with zero attached hydrogens (tertiary/aromatic N) is 3. The van der Waals surface area contributed by atoms with Gasteiger partial charge < -0.3 is 14.8 Å². The number of hydrogen-bond acceptors (Lipinski definition) is 7. The topological polar surface area (TPSA) is 95.3 Å². The minimum absolute atomic E-state index is 0.108. The second kappa shape index (κ2) is 7.41. The monoisotopic (exact) mass is 336 g/mol. The Hall–Kier alpha value is -2.87. The van der Waals surface area contributed by atoms with Gasteiger partial charge >= 0.3 is 11.9 Å². The van der Waals surface area contributed by atoms with Crippen molar-refractivity contribution in [1.29, 1.82) is 0 Å². The molecule has 0 saturated heterocycles. The minimum atomic E-state index is -0.736. The van der Waals surface area contributed by atoms with Gasteiger partial charge in [-0.1, -0.05) is 17.7 Å². The Morgan fingerprint density at radius 3 is 2.70 bits per heavy atom. The molecule has 0 atom stereocenters. The molecule has 2 rings (SSSR count). The van der Waals surface area contributed by atoms with Gasteiger partial charge in [0.2, 0.25) is 0 Å². The largest absolute Gasteiger partial charge is 0.466 e. The van der Waals surface area contributed by atoms with Crippen LogP contribution in [0.1, 0.15) is 0 Å². The van der Waals surface area contributed by atoms with E-state index in [9.17, 15) is 9.59 Å². The van der Waals surface area contributed by atoms with Crippen molar-refractivity contribution >= 4 is 29.2 Å². The van der Waals surface area contributed by atoms with Crippen molar-refractivity contribution in [3.8, 4) is 5.69 Å². The van der Waals surface area contributed by atoms with E-state index in [4.69, 9.17) is 11.6 Å². The summed E-state index contributed by atoms with van der Waals surface area (Å²) < 4.78 is 10.6. The molecule has 23 heavy (non-hydrogen) atoms. The molecule has 1 heterocycles. The van der Waals surface area contributed by atoms with E-state index in [0.717, 1.165) is 6.08 Å². The lowest BCUT2D eigenvalue weighted by Gasteiger charge is -2.14. The van der Waals surface area contributed by atoms with Crippen LogP contribution in [0.15, 0.2) is 42.6 Å². The third kappa shape index (κ3) is 3.86. The smallest absolute Gasteiger partial charge is 0.354 e. The maximum atomic E-state index is 11.8. The molecule has 0 bridgehead atoms. The summed E-state index contributed by atoms with van der Waals surface area (Å²) in [5.74, 6) is -1.44. The van der Waals surface area contributed by atoms with Crippen LogP contribution in [0.25, 0.3) is 5.69 Å². The van der Waals surface area contributed by atoms with Gasteiger partial charge in [-0.2, -0.15) is 5.10 Å². The second-order valence-corrected chi connectivity index (χ2v) is 4.58. The molecule has 0 saturated carbocycles. The van der Waals surface area contributed by atoms with E-state index in [1.807, 2.05) is 0 Å². The molecule has 1 aromatic carbocycles. The van der Waals surface area contributed by atoms with E-state index in [1.165, 1.54) is 31.6 Å². The number of esters is 2. The highest BCUT2D eigenvalue weighted by Crippen LogP contribution is 2.28. The summed E-state index contributed by atoms with van der Waals surface area (Å²) in [4.78, 5) is 27.1. The highest BCUT2D eigenvalue weighted by molar-refractivity contribution is 6.33. The van der Waals surface area contributed by atoms with Crippen molar-refractivity contribution < 1.29 is 19.1 Å². The lowest BCUT2D eigenvalue weighted by Crippen LogP contribution is -2.16. The number of halogens is 1. The minimum Gasteiger partial charge on any atom is -0.466 e. The van der Waals surface area contributed by atoms with Crippen LogP contribution >= 0.6 is 11.6 Å². The number of ether oxygens (including phenoxy) is 2. The summed E-state index contributed by atoms with van der Waals surface area (Å²) in [7, 11) is 2.40. The maximum Gasteiger partial charge on any atom is 0.354 e. The molecule has 1 aromatic heterocycles. The van der Waals surface area contributed by atoms with Gasteiger partial charge in [0, 0.05) is 0 Å². The summed E-state index contributed by atoms with van der Waals surface area (Å²) in [5.41, 5.74) is 0.790. The average Bonchev–Trinajstić information content (AvgIpc) is 3.07. The molecule has 120 valence electrons. The van der Waals surface area contributed by atoms with Crippen LogP contribution in [0.5, 0.6) is 0 Å². The summed E-state index contributed by atoms with van der Waals surface area (Å²) >= 11 is 6.19. The number of aromatic nitrogens is 3. The zero-order valence-corrected chi connectivity index (χ0v) is 13.1. The Balaban J connectivity index is 2.45. The maximum absolute atomic E-state index is 11.8. The molecular weight excluding hydrogens is 324 g/mol. The summed E-state index contributed by atoms with van der Waals surface area (Å²) in [6.07, 6.45) is 3.78. The Morgan fingerprint density at radius 2 is 2.09 bits per heavy atom. The van der Waals surface area contributed by atoms with Crippen LogP contribution in [-0.2, 0) is 19.1 Å². The first-order valence-electron chi connectivity index (χ1n) is 6.35. The van der Waals surface area contributed by atoms with Crippen molar-refractivity contribution in [2.45, 2.75) is 0 Å². The molecule has 0 aliphatic carbocycles. The van der Waals surface area contributed by atoms with Gasteiger partial charge in [-0.05, 0) is 12.1 Å². The van der Waals surface area contributed by atoms with Crippen molar-refractivity contribution in [2.24, 2.45) is 0 Å². The van der Waals surface area contributed by atoms with E-state index in [1.54, 1.807) is 18.2 Å². The number of anilines is 1. The predicted molar refractivity (Wildman–Crippen MR) is 82.1 cm³/mol. The predicted octanol–water partition coefficient (Wildman–Crippen LogP) is 1.56. The zero-order valence-electron chi connectivity index (χ0n) is 12.3. The zero-order chi connectivity index (χ0) is 16.8. The average molecular weight is 337 g/mol. The first-order chi connectivity index (χ1) is 11.1. The van der Waals surface area contributed by atoms with Crippen LogP contribution in [0.2, 0.25) is 5.02 Å². The van der Waals surface area contributed by atoms with E-state index in [2.05, 4.69) is 24.9 Å². The number of methoxy groups -OCH3 is 2. The lowest BCUT2D eigenvalue weighted by atomic mass is 10.2. The first-order valence-corrected chi connectivity index (χ1v) is 6.73. The third-order valence-corrected chi connectivity index (χ3v) is 3.08. The van der Waals surface area contributed by atoms with Crippen LogP contribution in [0.4, 0.5) is 5.69 Å². The lowest BCUT2D eigenvalue weighted by molar-refractivity contribution is -0.138. The van der Waals surface area contributed by atoms with Gasteiger partial charge in [-0.3, -0.25) is 0 Å². The molecule has 0 spiro atoms. The highest BCUT2D eigenvalue weighted by atomic mass is 35.5. The molecule has 8 nitrogen and oxygen atoms in total. The fourth-order valence-corrected chi connectivity index (χ4v) is 2.01. The molecule has 0 radical (unpaired) electrons. The number of carbonyl (C=O) groups is 2. The molecule has 1 N–H and O–H groups in total. The molecular formula is C14H13ClN4O4. The van der Waals surface area contributed by atoms with E-state index in [0.29, 0.717) is 16.4 Å². The van der Waals surface area contributed by atoms with Gasteiger partial charge in [0.05, 0.1) is 31.0 Å². The van der Waals surface area contributed by atoms with Crippen molar-refractivity contribution in [1.82, 2.24) is 14.8 Å². The van der Waals surface area contributed by atoms with Crippen LogP contribution in [0, 0.1) is 0 Å². The normalized spacial score (nSPS) is 11.0. The quantitative estimate of drug-likeness (QED) is 0.654. The number of nitrogens with one attached hydrogen (secondary N) is 1. The molecule has 9 heteroatoms. The third-order valence-electron chi connectivity index (χ3n) is 2.77. The second-order valence-electron chi connectivity index (χ2n) is 4.17. The highest BCUT2D eigenvalue weighted by Gasteiger charge is 2.17. The Bertz CT molecular complexity index is 743. The van der Waals surface area contributed by atoms with Crippen molar-refractivity contribution in [3.63, 3.8) is 0 Å². The molecule has 0 amide bonds. The number of rotatable bonds is 5. The van der Waals surface area contributed by atoms with Gasteiger partial charge in [0.25, 0.3) is 0 Å². The molecule has 0 aliphatic heterocycles. The summed E-state index contributed by atoms with van der Waals surface area (Å²) in [5, 5.41) is 7.19. The van der Waals surface area contributed by atoms with E-state index in [-0.39, 0.29) is 5.70 Å². The Labute approximate surface area is 136 Å².